The zero-order valence-electron chi connectivity index (χ0n) is 10.3. The summed E-state index contributed by atoms with van der Waals surface area (Å²) in [6.45, 7) is 6.16. The fourth-order valence-electron chi connectivity index (χ4n) is 2.48. The minimum absolute atomic E-state index is 0.217. The predicted molar refractivity (Wildman–Crippen MR) is 63.9 cm³/mol. The SMILES string of the molecule is COc1ccc2c(c1)C(C)(N)CC(C)(C)O2. The molecule has 0 saturated heterocycles. The van der Waals surface area contributed by atoms with Crippen molar-refractivity contribution in [3.8, 4) is 11.5 Å². The van der Waals surface area contributed by atoms with E-state index in [4.69, 9.17) is 15.2 Å². The van der Waals surface area contributed by atoms with Crippen molar-refractivity contribution < 1.29 is 9.47 Å². The number of rotatable bonds is 1. The van der Waals surface area contributed by atoms with Crippen molar-refractivity contribution in [2.24, 2.45) is 5.73 Å². The van der Waals surface area contributed by atoms with Gasteiger partial charge in [0.2, 0.25) is 0 Å². The number of nitrogens with two attached hydrogens (primary N) is 1. The average Bonchev–Trinajstić information content (AvgIpc) is 2.14. The maximum atomic E-state index is 6.35. The third-order valence-corrected chi connectivity index (χ3v) is 2.98. The molecule has 0 aromatic heterocycles. The van der Waals surface area contributed by atoms with E-state index >= 15 is 0 Å². The number of fused-ring (bicyclic) bond motifs is 1. The van der Waals surface area contributed by atoms with E-state index in [1.807, 2.05) is 25.1 Å². The lowest BCUT2D eigenvalue weighted by Gasteiger charge is -2.42. The molecule has 1 unspecified atom stereocenters. The van der Waals surface area contributed by atoms with Gasteiger partial charge < -0.3 is 15.2 Å². The second kappa shape index (κ2) is 3.39. The molecule has 0 bridgehead atoms. The van der Waals surface area contributed by atoms with Crippen LogP contribution in [0.3, 0.4) is 0 Å². The summed E-state index contributed by atoms with van der Waals surface area (Å²) in [4.78, 5) is 0. The number of hydrogen-bond donors (Lipinski definition) is 1. The third-order valence-electron chi connectivity index (χ3n) is 2.98. The Morgan fingerprint density at radius 2 is 2.00 bits per heavy atom. The van der Waals surface area contributed by atoms with Crippen LogP contribution in [0.5, 0.6) is 11.5 Å². The molecular weight excluding hydrogens is 202 g/mol. The smallest absolute Gasteiger partial charge is 0.125 e. The third kappa shape index (κ3) is 1.87. The minimum atomic E-state index is -0.369. The second-order valence-corrected chi connectivity index (χ2v) is 5.32. The largest absolute Gasteiger partial charge is 0.497 e. The molecule has 0 aliphatic carbocycles. The summed E-state index contributed by atoms with van der Waals surface area (Å²) < 4.78 is 11.1. The topological polar surface area (TPSA) is 44.5 Å². The van der Waals surface area contributed by atoms with E-state index in [-0.39, 0.29) is 11.1 Å². The summed E-state index contributed by atoms with van der Waals surface area (Å²) in [5.74, 6) is 1.68. The molecule has 1 atom stereocenters. The lowest BCUT2D eigenvalue weighted by Crippen LogP contribution is -2.47. The van der Waals surface area contributed by atoms with Crippen LogP contribution in [0.2, 0.25) is 0 Å². The first kappa shape index (κ1) is 11.3. The van der Waals surface area contributed by atoms with E-state index in [0.29, 0.717) is 0 Å². The van der Waals surface area contributed by atoms with Crippen molar-refractivity contribution >= 4 is 0 Å². The van der Waals surface area contributed by atoms with Crippen LogP contribution < -0.4 is 15.2 Å². The highest BCUT2D eigenvalue weighted by Crippen LogP contribution is 2.43. The Hall–Kier alpha value is -1.22. The van der Waals surface area contributed by atoms with Gasteiger partial charge in [-0.3, -0.25) is 0 Å². The molecule has 0 saturated carbocycles. The number of methoxy groups -OCH3 is 1. The van der Waals surface area contributed by atoms with E-state index in [9.17, 15) is 0 Å². The van der Waals surface area contributed by atoms with Gasteiger partial charge in [0.05, 0.1) is 7.11 Å². The number of ether oxygens (including phenoxy) is 2. The van der Waals surface area contributed by atoms with E-state index in [1.165, 1.54) is 0 Å². The molecule has 2 rings (SSSR count). The van der Waals surface area contributed by atoms with Crippen molar-refractivity contribution in [3.05, 3.63) is 23.8 Å². The highest BCUT2D eigenvalue weighted by Gasteiger charge is 2.39. The quantitative estimate of drug-likeness (QED) is 0.792. The minimum Gasteiger partial charge on any atom is -0.497 e. The maximum absolute atomic E-state index is 6.35. The highest BCUT2D eigenvalue weighted by molar-refractivity contribution is 5.46. The van der Waals surface area contributed by atoms with E-state index in [2.05, 4.69) is 13.8 Å². The Balaban J connectivity index is 2.51. The zero-order chi connectivity index (χ0) is 12.0. The van der Waals surface area contributed by atoms with Crippen LogP contribution in [0, 0.1) is 0 Å². The monoisotopic (exact) mass is 221 g/mol. The highest BCUT2D eigenvalue weighted by atomic mass is 16.5. The Morgan fingerprint density at radius 1 is 1.31 bits per heavy atom. The first-order valence-corrected chi connectivity index (χ1v) is 5.50. The first-order chi connectivity index (χ1) is 7.34. The van der Waals surface area contributed by atoms with Gasteiger partial charge in [-0.05, 0) is 39.0 Å². The first-order valence-electron chi connectivity index (χ1n) is 5.50. The normalized spacial score (nSPS) is 26.8. The summed E-state index contributed by atoms with van der Waals surface area (Å²) in [6, 6.07) is 5.79. The van der Waals surface area contributed by atoms with Gasteiger partial charge >= 0.3 is 0 Å². The van der Waals surface area contributed by atoms with Gasteiger partial charge in [-0.2, -0.15) is 0 Å². The Labute approximate surface area is 96.5 Å². The fourth-order valence-corrected chi connectivity index (χ4v) is 2.48. The summed E-state index contributed by atoms with van der Waals surface area (Å²) in [5.41, 5.74) is 6.79. The van der Waals surface area contributed by atoms with Crippen LogP contribution in [0.4, 0.5) is 0 Å². The lowest BCUT2D eigenvalue weighted by atomic mass is 9.80. The molecule has 3 heteroatoms. The summed E-state index contributed by atoms with van der Waals surface area (Å²) in [7, 11) is 1.66. The molecule has 16 heavy (non-hydrogen) atoms. The molecule has 1 heterocycles. The molecule has 2 N–H and O–H groups in total. The molecule has 1 aromatic rings. The Kier molecular flexibility index (Phi) is 2.39. The number of hydrogen-bond acceptors (Lipinski definition) is 3. The second-order valence-electron chi connectivity index (χ2n) is 5.32. The molecule has 1 aliphatic rings. The van der Waals surface area contributed by atoms with E-state index in [1.54, 1.807) is 7.11 Å². The molecule has 3 nitrogen and oxygen atoms in total. The van der Waals surface area contributed by atoms with Crippen LogP contribution in [-0.4, -0.2) is 12.7 Å². The summed E-state index contributed by atoms with van der Waals surface area (Å²) >= 11 is 0. The van der Waals surface area contributed by atoms with Crippen molar-refractivity contribution in [1.82, 2.24) is 0 Å². The Morgan fingerprint density at radius 3 is 2.62 bits per heavy atom. The maximum Gasteiger partial charge on any atom is 0.125 e. The van der Waals surface area contributed by atoms with Crippen molar-refractivity contribution in [2.45, 2.75) is 38.3 Å². The van der Waals surface area contributed by atoms with Crippen LogP contribution >= 0.6 is 0 Å². The predicted octanol–water partition coefficient (Wildman–Crippen LogP) is 2.43. The van der Waals surface area contributed by atoms with Crippen molar-refractivity contribution in [3.63, 3.8) is 0 Å². The fraction of sp³-hybridized carbons (Fsp3) is 0.538. The molecule has 0 fully saturated rings. The number of benzene rings is 1. The lowest BCUT2D eigenvalue weighted by molar-refractivity contribution is 0.0501. The van der Waals surface area contributed by atoms with Crippen LogP contribution in [0.1, 0.15) is 32.8 Å². The summed E-state index contributed by atoms with van der Waals surface area (Å²) in [6.07, 6.45) is 0.792. The molecule has 0 radical (unpaired) electrons. The van der Waals surface area contributed by atoms with Crippen molar-refractivity contribution in [1.29, 1.82) is 0 Å². The van der Waals surface area contributed by atoms with Gasteiger partial charge in [0.25, 0.3) is 0 Å². The molecule has 0 spiro atoms. The molecule has 88 valence electrons. The van der Waals surface area contributed by atoms with E-state index in [0.717, 1.165) is 23.5 Å². The van der Waals surface area contributed by atoms with Gasteiger partial charge in [-0.25, -0.2) is 0 Å². The van der Waals surface area contributed by atoms with Crippen LogP contribution in [-0.2, 0) is 5.54 Å². The van der Waals surface area contributed by atoms with Crippen molar-refractivity contribution in [2.75, 3.05) is 7.11 Å². The molecule has 1 aromatic carbocycles. The molecular formula is C13H19NO2. The van der Waals surface area contributed by atoms with Gasteiger partial charge in [0.15, 0.2) is 0 Å². The van der Waals surface area contributed by atoms with Gasteiger partial charge in [0, 0.05) is 17.5 Å². The molecule has 0 amide bonds. The van der Waals surface area contributed by atoms with E-state index < -0.39 is 0 Å². The standard InChI is InChI=1S/C13H19NO2/c1-12(2)8-13(3,14)10-7-9(15-4)5-6-11(10)16-12/h5-7H,8,14H2,1-4H3. The summed E-state index contributed by atoms with van der Waals surface area (Å²) in [5, 5.41) is 0. The van der Waals surface area contributed by atoms with Crippen LogP contribution in [0.25, 0.3) is 0 Å². The van der Waals surface area contributed by atoms with Crippen LogP contribution in [0.15, 0.2) is 18.2 Å². The average molecular weight is 221 g/mol. The van der Waals surface area contributed by atoms with Gasteiger partial charge in [-0.15, -0.1) is 0 Å². The van der Waals surface area contributed by atoms with Gasteiger partial charge in [-0.1, -0.05) is 0 Å². The van der Waals surface area contributed by atoms with Gasteiger partial charge in [0.1, 0.15) is 17.1 Å². The zero-order valence-corrected chi connectivity index (χ0v) is 10.3. The Bertz CT molecular complexity index is 410. The molecule has 1 aliphatic heterocycles.